The molecule has 0 unspecified atom stereocenters. The number of anilines is 2. The summed E-state index contributed by atoms with van der Waals surface area (Å²) in [6, 6.07) is 5.05. The predicted molar refractivity (Wildman–Crippen MR) is 109 cm³/mol. The highest BCUT2D eigenvalue weighted by atomic mass is 35.5. The van der Waals surface area contributed by atoms with Gasteiger partial charge in [0.25, 0.3) is 10.0 Å². The minimum absolute atomic E-state index is 0.00213. The van der Waals surface area contributed by atoms with E-state index in [0.29, 0.717) is 10.4 Å². The molecule has 0 saturated carbocycles. The van der Waals surface area contributed by atoms with Crippen LogP contribution in [0.5, 0.6) is 0 Å². The third-order valence-corrected chi connectivity index (χ3v) is 8.26. The van der Waals surface area contributed by atoms with E-state index in [9.17, 15) is 34.8 Å². The van der Waals surface area contributed by atoms with Crippen molar-refractivity contribution >= 4 is 48.9 Å². The maximum Gasteiger partial charge on any atom is 0.417 e. The first-order chi connectivity index (χ1) is 14.1. The van der Waals surface area contributed by atoms with Crippen molar-refractivity contribution in [2.75, 3.05) is 14.8 Å². The van der Waals surface area contributed by atoms with Crippen LogP contribution < -0.4 is 9.03 Å². The van der Waals surface area contributed by atoms with E-state index >= 15 is 0 Å². The number of halogens is 4. The van der Waals surface area contributed by atoms with Crippen LogP contribution in [0.1, 0.15) is 23.1 Å². The van der Waals surface area contributed by atoms with Gasteiger partial charge in [-0.2, -0.15) is 13.2 Å². The van der Waals surface area contributed by atoms with E-state index in [-0.39, 0.29) is 39.6 Å². The summed E-state index contributed by atoms with van der Waals surface area (Å²) >= 11 is 5.56. The fourth-order valence-electron chi connectivity index (χ4n) is 3.35. The molecule has 1 amide bonds. The highest BCUT2D eigenvalue weighted by molar-refractivity contribution is 7.94. The highest BCUT2D eigenvalue weighted by Crippen LogP contribution is 2.37. The second-order valence-corrected chi connectivity index (χ2v) is 10.9. The molecule has 0 bridgehead atoms. The van der Waals surface area contributed by atoms with E-state index in [4.69, 9.17) is 11.6 Å². The number of carbonyl (C=O) groups is 1. The Balaban J connectivity index is 2.02. The molecule has 1 heterocycles. The van der Waals surface area contributed by atoms with Crippen LogP contribution in [0.4, 0.5) is 24.5 Å². The number of benzene rings is 2. The Morgan fingerprint density at radius 2 is 1.68 bits per heavy atom. The molecule has 0 radical (unpaired) electrons. The molecular formula is C18H16ClF3N2O5S2. The second-order valence-electron chi connectivity index (χ2n) is 6.93. The lowest BCUT2D eigenvalue weighted by Crippen LogP contribution is -2.29. The van der Waals surface area contributed by atoms with Crippen LogP contribution in [-0.4, -0.2) is 28.5 Å². The molecule has 1 aliphatic heterocycles. The molecule has 1 saturated heterocycles. The van der Waals surface area contributed by atoms with Crippen molar-refractivity contribution < 1.29 is 34.8 Å². The number of nitrogens with one attached hydrogen (secondary N) is 1. The van der Waals surface area contributed by atoms with Crippen molar-refractivity contribution in [2.45, 2.75) is 31.3 Å². The lowest BCUT2D eigenvalue weighted by atomic mass is 10.1. The molecule has 2 aromatic rings. The molecule has 31 heavy (non-hydrogen) atoms. The minimum Gasteiger partial charge on any atom is -0.280 e. The lowest BCUT2D eigenvalue weighted by molar-refractivity contribution is -0.137. The first-order valence-electron chi connectivity index (χ1n) is 8.70. The van der Waals surface area contributed by atoms with Gasteiger partial charge < -0.3 is 0 Å². The van der Waals surface area contributed by atoms with E-state index in [1.807, 2.05) is 0 Å². The minimum atomic E-state index is -4.78. The normalized spacial score (nSPS) is 16.6. The first kappa shape index (κ1) is 23.4. The molecule has 13 heteroatoms. The van der Waals surface area contributed by atoms with Crippen molar-refractivity contribution in [3.8, 4) is 0 Å². The van der Waals surface area contributed by atoms with Gasteiger partial charge in [-0.3, -0.25) is 9.52 Å². The zero-order valence-electron chi connectivity index (χ0n) is 16.1. The number of rotatable bonds is 4. The van der Waals surface area contributed by atoms with Gasteiger partial charge in [-0.1, -0.05) is 11.6 Å². The average Bonchev–Trinajstić information content (AvgIpc) is 2.87. The topological polar surface area (TPSA) is 101 Å². The molecule has 0 atom stereocenters. The van der Waals surface area contributed by atoms with Crippen molar-refractivity contribution in [1.29, 1.82) is 0 Å². The van der Waals surface area contributed by atoms with Crippen molar-refractivity contribution in [1.82, 2.24) is 0 Å². The molecule has 1 N–H and O–H groups in total. The Morgan fingerprint density at radius 3 is 2.16 bits per heavy atom. The van der Waals surface area contributed by atoms with Crippen LogP contribution in [0.3, 0.4) is 0 Å². The maximum absolute atomic E-state index is 13.1. The Kier molecular flexibility index (Phi) is 5.78. The lowest BCUT2D eigenvalue weighted by Gasteiger charge is -2.19. The van der Waals surface area contributed by atoms with Gasteiger partial charge in [0.05, 0.1) is 26.9 Å². The molecular weight excluding hydrogens is 481 g/mol. The van der Waals surface area contributed by atoms with E-state index in [1.54, 1.807) is 0 Å². The molecule has 1 aliphatic rings. The fourth-order valence-corrected chi connectivity index (χ4v) is 6.52. The van der Waals surface area contributed by atoms with Gasteiger partial charge in [0, 0.05) is 12.1 Å². The fraction of sp³-hybridized carbons (Fsp3) is 0.278. The third-order valence-electron chi connectivity index (χ3n) is 4.55. The van der Waals surface area contributed by atoms with Crippen LogP contribution in [0.25, 0.3) is 0 Å². The quantitative estimate of drug-likeness (QED) is 0.693. The molecule has 2 aromatic carbocycles. The summed E-state index contributed by atoms with van der Waals surface area (Å²) < 4.78 is 91.9. The van der Waals surface area contributed by atoms with Crippen LogP contribution in [-0.2, 0) is 31.0 Å². The van der Waals surface area contributed by atoms with Crippen LogP contribution >= 0.6 is 11.6 Å². The number of nitrogens with zero attached hydrogens (tertiary/aromatic N) is 1. The summed E-state index contributed by atoms with van der Waals surface area (Å²) in [6.45, 7) is 2.78. The smallest absolute Gasteiger partial charge is 0.280 e. The molecule has 0 spiro atoms. The van der Waals surface area contributed by atoms with Gasteiger partial charge >= 0.3 is 6.18 Å². The summed E-state index contributed by atoms with van der Waals surface area (Å²) in [5.74, 6) is -0.975. The van der Waals surface area contributed by atoms with E-state index in [0.717, 1.165) is 12.1 Å². The van der Waals surface area contributed by atoms with Gasteiger partial charge in [0.15, 0.2) is 0 Å². The van der Waals surface area contributed by atoms with E-state index < -0.39 is 42.7 Å². The van der Waals surface area contributed by atoms with Crippen LogP contribution in [0.15, 0.2) is 35.2 Å². The summed E-state index contributed by atoms with van der Waals surface area (Å²) in [4.78, 5) is 11.7. The molecule has 7 nitrogen and oxygen atoms in total. The number of sulfonamides is 2. The number of carbonyl (C=O) groups excluding carboxylic acids is 1. The average molecular weight is 497 g/mol. The van der Waals surface area contributed by atoms with Crippen LogP contribution in [0.2, 0.25) is 5.02 Å². The SMILES string of the molecule is Cc1cc(N2C(=O)CCS2(=O)=O)cc(C)c1S(=O)(=O)Nc1ccc(Cl)c(C(F)(F)F)c1. The number of hydrogen-bond acceptors (Lipinski definition) is 5. The zero-order chi connectivity index (χ0) is 23.4. The Hall–Kier alpha value is -2.31. The number of aryl methyl sites for hydroxylation is 2. The standard InChI is InChI=1S/C18H16ClF3N2O5S2/c1-10-7-13(24-16(25)5-6-30(24,26)27)8-11(2)17(10)31(28,29)23-12-3-4-15(19)14(9-12)18(20,21)22/h3-4,7-9,23H,5-6H2,1-2H3. The highest BCUT2D eigenvalue weighted by Gasteiger charge is 2.37. The Morgan fingerprint density at radius 1 is 1.10 bits per heavy atom. The largest absolute Gasteiger partial charge is 0.417 e. The van der Waals surface area contributed by atoms with Crippen molar-refractivity contribution in [2.24, 2.45) is 0 Å². The number of hydrogen-bond donors (Lipinski definition) is 1. The first-order valence-corrected chi connectivity index (χ1v) is 12.2. The van der Waals surface area contributed by atoms with Gasteiger partial charge in [-0.05, 0) is 55.3 Å². The summed E-state index contributed by atoms with van der Waals surface area (Å²) in [6.07, 6.45) is -4.96. The Bertz CT molecular complexity index is 1270. The number of alkyl halides is 3. The summed E-state index contributed by atoms with van der Waals surface area (Å²) in [7, 11) is -8.19. The van der Waals surface area contributed by atoms with Gasteiger partial charge in [0.1, 0.15) is 0 Å². The predicted octanol–water partition coefficient (Wildman–Crippen LogP) is 3.84. The molecule has 1 fully saturated rings. The molecule has 3 rings (SSSR count). The monoisotopic (exact) mass is 496 g/mol. The number of amides is 1. The maximum atomic E-state index is 13.1. The Labute approximate surface area is 181 Å². The molecule has 168 valence electrons. The molecule has 0 aliphatic carbocycles. The summed E-state index contributed by atoms with van der Waals surface area (Å²) in [5.41, 5.74) is -1.32. The van der Waals surface area contributed by atoms with Gasteiger partial charge in [-0.15, -0.1) is 0 Å². The van der Waals surface area contributed by atoms with E-state index in [2.05, 4.69) is 4.72 Å². The molecule has 0 aromatic heterocycles. The zero-order valence-corrected chi connectivity index (χ0v) is 18.5. The van der Waals surface area contributed by atoms with Gasteiger partial charge in [0.2, 0.25) is 15.9 Å². The third kappa shape index (κ3) is 4.51. The second kappa shape index (κ2) is 7.68. The van der Waals surface area contributed by atoms with Gasteiger partial charge in [-0.25, -0.2) is 21.1 Å². The van der Waals surface area contributed by atoms with Crippen molar-refractivity contribution in [3.05, 3.63) is 52.0 Å². The van der Waals surface area contributed by atoms with E-state index in [1.165, 1.54) is 26.0 Å². The summed E-state index contributed by atoms with van der Waals surface area (Å²) in [5, 5.41) is -0.580. The van der Waals surface area contributed by atoms with Crippen molar-refractivity contribution in [3.63, 3.8) is 0 Å². The van der Waals surface area contributed by atoms with Crippen LogP contribution in [0, 0.1) is 13.8 Å².